The second kappa shape index (κ2) is 12.2. The summed E-state index contributed by atoms with van der Waals surface area (Å²) >= 11 is 5.86. The van der Waals surface area contributed by atoms with Gasteiger partial charge in [0.25, 0.3) is 0 Å². The van der Waals surface area contributed by atoms with E-state index >= 15 is 0 Å². The molecule has 2 fully saturated rings. The number of halogens is 2. The van der Waals surface area contributed by atoms with E-state index < -0.39 is 0 Å². The summed E-state index contributed by atoms with van der Waals surface area (Å²) in [6.07, 6.45) is 3.24. The van der Waals surface area contributed by atoms with Gasteiger partial charge in [0.1, 0.15) is 24.0 Å². The number of hydrogen-bond donors (Lipinski definition) is 0. The quantitative estimate of drug-likeness (QED) is 0.216. The molecule has 0 bridgehead atoms. The van der Waals surface area contributed by atoms with Crippen LogP contribution in [0, 0.1) is 5.82 Å². The first-order valence-electron chi connectivity index (χ1n) is 14.0. The van der Waals surface area contributed by atoms with Crippen LogP contribution in [-0.4, -0.2) is 53.3 Å². The van der Waals surface area contributed by atoms with Gasteiger partial charge in [0, 0.05) is 17.2 Å². The van der Waals surface area contributed by atoms with Crippen LogP contribution in [0.4, 0.5) is 4.39 Å². The number of ether oxygens (including phenoxy) is 3. The molecule has 2 aliphatic rings. The maximum atomic E-state index is 14.1. The Morgan fingerprint density at radius 1 is 1.10 bits per heavy atom. The summed E-state index contributed by atoms with van der Waals surface area (Å²) in [4.78, 5) is 19.6. The first kappa shape index (κ1) is 27.7. The lowest BCUT2D eigenvalue weighted by molar-refractivity contribution is -0.0592. The van der Waals surface area contributed by atoms with E-state index in [4.69, 9.17) is 30.8 Å². The molecule has 2 saturated heterocycles. The van der Waals surface area contributed by atoms with Crippen molar-refractivity contribution < 1.29 is 23.4 Å². The fraction of sp³-hybridized carbons (Fsp3) is 0.375. The molecular formula is C32H33ClFN3O4. The van der Waals surface area contributed by atoms with Crippen LogP contribution in [0.25, 0.3) is 11.0 Å². The van der Waals surface area contributed by atoms with E-state index in [1.807, 2.05) is 24.3 Å². The van der Waals surface area contributed by atoms with Crippen molar-refractivity contribution in [1.29, 1.82) is 0 Å². The number of methoxy groups -OCH3 is 1. The third kappa shape index (κ3) is 6.25. The number of rotatable bonds is 9. The summed E-state index contributed by atoms with van der Waals surface area (Å²) in [5, 5.41) is 0.372. The van der Waals surface area contributed by atoms with Crippen LogP contribution in [0.1, 0.15) is 52.5 Å². The van der Waals surface area contributed by atoms with Gasteiger partial charge < -0.3 is 18.8 Å². The zero-order valence-corrected chi connectivity index (χ0v) is 23.8. The van der Waals surface area contributed by atoms with E-state index in [-0.39, 0.29) is 24.5 Å². The molecule has 0 N–H and O–H groups in total. The molecule has 6 rings (SSSR count). The van der Waals surface area contributed by atoms with Gasteiger partial charge in [-0.1, -0.05) is 29.8 Å². The molecule has 41 heavy (non-hydrogen) atoms. The second-order valence-electron chi connectivity index (χ2n) is 10.8. The molecule has 2 aliphatic heterocycles. The molecule has 0 aliphatic carbocycles. The van der Waals surface area contributed by atoms with Crippen LogP contribution in [0.3, 0.4) is 0 Å². The largest absolute Gasteiger partial charge is 0.489 e. The van der Waals surface area contributed by atoms with Crippen molar-refractivity contribution in [1.82, 2.24) is 14.5 Å². The summed E-state index contributed by atoms with van der Waals surface area (Å²) in [7, 11) is 1.40. The maximum Gasteiger partial charge on any atom is 0.337 e. The lowest BCUT2D eigenvalue weighted by Gasteiger charge is -2.33. The molecule has 0 unspecified atom stereocenters. The van der Waals surface area contributed by atoms with Gasteiger partial charge in [0.15, 0.2) is 0 Å². The second-order valence-corrected chi connectivity index (χ2v) is 11.2. The minimum Gasteiger partial charge on any atom is -0.489 e. The Labute approximate surface area is 243 Å². The van der Waals surface area contributed by atoms with E-state index in [1.54, 1.807) is 18.2 Å². The number of hydrogen-bond acceptors (Lipinski definition) is 6. The summed E-state index contributed by atoms with van der Waals surface area (Å²) in [6, 6.07) is 18.3. The number of esters is 1. The lowest BCUT2D eigenvalue weighted by Crippen LogP contribution is -2.35. The monoisotopic (exact) mass is 577 g/mol. The van der Waals surface area contributed by atoms with E-state index in [1.165, 1.54) is 18.7 Å². The van der Waals surface area contributed by atoms with E-state index in [2.05, 4.69) is 21.6 Å². The van der Waals surface area contributed by atoms with Crippen molar-refractivity contribution in [3.05, 3.63) is 94.0 Å². The van der Waals surface area contributed by atoms with Gasteiger partial charge in [-0.25, -0.2) is 14.2 Å². The van der Waals surface area contributed by atoms with Gasteiger partial charge in [-0.15, -0.1) is 0 Å². The first-order valence-corrected chi connectivity index (χ1v) is 14.4. The number of carbonyl (C=O) groups excluding carboxylic acids is 1. The number of carbonyl (C=O) groups is 1. The number of piperidine rings is 1. The molecule has 1 aromatic heterocycles. The van der Waals surface area contributed by atoms with Gasteiger partial charge >= 0.3 is 5.97 Å². The summed E-state index contributed by atoms with van der Waals surface area (Å²) in [5.74, 6) is 1.43. The molecule has 0 saturated carbocycles. The summed E-state index contributed by atoms with van der Waals surface area (Å²) in [5.41, 5.74) is 4.04. The number of nitrogens with zero attached hydrogens (tertiary/aromatic N) is 3. The first-order chi connectivity index (χ1) is 20.0. The van der Waals surface area contributed by atoms with E-state index in [9.17, 15) is 9.18 Å². The van der Waals surface area contributed by atoms with Crippen molar-refractivity contribution in [2.75, 3.05) is 26.8 Å². The fourth-order valence-electron chi connectivity index (χ4n) is 5.66. The molecule has 214 valence electrons. The van der Waals surface area contributed by atoms with Crippen LogP contribution in [0.15, 0.2) is 60.7 Å². The predicted octanol–water partition coefficient (Wildman–Crippen LogP) is 6.36. The molecule has 4 aromatic rings. The van der Waals surface area contributed by atoms with Gasteiger partial charge in [-0.2, -0.15) is 0 Å². The number of likely N-dealkylation sites (tertiary alicyclic amines) is 1. The molecule has 0 amide bonds. The zero-order valence-electron chi connectivity index (χ0n) is 23.0. The number of fused-ring (bicyclic) bond motifs is 1. The van der Waals surface area contributed by atoms with Gasteiger partial charge in [-0.3, -0.25) is 4.90 Å². The van der Waals surface area contributed by atoms with Crippen LogP contribution in [0.2, 0.25) is 5.02 Å². The van der Waals surface area contributed by atoms with Crippen LogP contribution in [-0.2, 0) is 29.2 Å². The van der Waals surface area contributed by atoms with Gasteiger partial charge in [0.2, 0.25) is 0 Å². The Hall–Kier alpha value is -3.46. The minimum absolute atomic E-state index is 0.152. The summed E-state index contributed by atoms with van der Waals surface area (Å²) in [6.45, 7) is 4.29. The Balaban J connectivity index is 1.11. The average molecular weight is 578 g/mol. The number of aromatic nitrogens is 2. The maximum absolute atomic E-state index is 14.1. The Kier molecular flexibility index (Phi) is 8.23. The molecule has 0 radical (unpaired) electrons. The fourth-order valence-corrected chi connectivity index (χ4v) is 5.82. The molecule has 3 heterocycles. The molecule has 7 nitrogen and oxygen atoms in total. The highest BCUT2D eigenvalue weighted by Gasteiger charge is 2.26. The third-order valence-corrected chi connectivity index (χ3v) is 8.35. The normalized spacial score (nSPS) is 17.9. The minimum atomic E-state index is -0.362. The SMILES string of the molecule is COC(=O)c1ccc2nc(CN3CCC(c4cccc(OCc5ccc(Cl)cc5F)c4)CC3)n(C[C@@H]3CCO3)c2c1. The highest BCUT2D eigenvalue weighted by atomic mass is 35.5. The number of benzene rings is 3. The smallest absolute Gasteiger partial charge is 0.337 e. The number of imidazole rings is 1. The van der Waals surface area contributed by atoms with Crippen LogP contribution < -0.4 is 4.74 Å². The highest BCUT2D eigenvalue weighted by Crippen LogP contribution is 2.32. The predicted molar refractivity (Wildman–Crippen MR) is 155 cm³/mol. The van der Waals surface area contributed by atoms with Crippen molar-refractivity contribution in [2.45, 2.75) is 51.0 Å². The van der Waals surface area contributed by atoms with Gasteiger partial charge in [0.05, 0.1) is 42.9 Å². The standard InChI is InChI=1S/C32H33ClFN3O4/c1-39-32(38)23-6-8-29-30(16-23)37(18-27-11-14-40-27)31(35-29)19-36-12-9-21(10-13-36)22-3-2-4-26(15-22)41-20-24-5-7-25(33)17-28(24)34/h2-8,15-17,21,27H,9-14,18-20H2,1H3/t27-/m0/s1. The Bertz CT molecular complexity index is 1550. The van der Waals surface area contributed by atoms with Crippen molar-refractivity contribution in [3.8, 4) is 5.75 Å². The Morgan fingerprint density at radius 2 is 1.93 bits per heavy atom. The van der Waals surface area contributed by atoms with Crippen molar-refractivity contribution in [3.63, 3.8) is 0 Å². The molecule has 3 aromatic carbocycles. The topological polar surface area (TPSA) is 65.8 Å². The van der Waals surface area contributed by atoms with Crippen molar-refractivity contribution >= 4 is 28.6 Å². The molecule has 1 atom stereocenters. The summed E-state index contributed by atoms with van der Waals surface area (Å²) < 4.78 is 32.9. The van der Waals surface area contributed by atoms with Gasteiger partial charge in [-0.05, 0) is 86.3 Å². The molecular weight excluding hydrogens is 545 g/mol. The molecule has 0 spiro atoms. The van der Waals surface area contributed by atoms with Crippen molar-refractivity contribution in [2.24, 2.45) is 0 Å². The zero-order chi connectivity index (χ0) is 28.3. The third-order valence-electron chi connectivity index (χ3n) is 8.12. The average Bonchev–Trinajstić information content (AvgIpc) is 3.30. The molecule has 9 heteroatoms. The van der Waals surface area contributed by atoms with E-state index in [0.717, 1.165) is 74.7 Å². The Morgan fingerprint density at radius 3 is 2.66 bits per heavy atom. The van der Waals surface area contributed by atoms with Crippen LogP contribution in [0.5, 0.6) is 5.75 Å². The van der Waals surface area contributed by atoms with E-state index in [0.29, 0.717) is 22.1 Å². The van der Waals surface area contributed by atoms with Crippen LogP contribution >= 0.6 is 11.6 Å². The highest BCUT2D eigenvalue weighted by molar-refractivity contribution is 6.30. The lowest BCUT2D eigenvalue weighted by atomic mass is 9.89.